The van der Waals surface area contributed by atoms with Crippen LogP contribution in [0.3, 0.4) is 0 Å². The summed E-state index contributed by atoms with van der Waals surface area (Å²) in [5.74, 6) is 0.356. The molecule has 7 nitrogen and oxygen atoms in total. The van der Waals surface area contributed by atoms with Crippen molar-refractivity contribution in [2.24, 2.45) is 5.92 Å². The third-order valence-corrected chi connectivity index (χ3v) is 7.25. The molecule has 0 aromatic heterocycles. The number of benzene rings is 2. The van der Waals surface area contributed by atoms with Crippen LogP contribution in [0.4, 0.5) is 17.1 Å². The third-order valence-electron chi connectivity index (χ3n) is 7.25. The number of nitrogens with zero attached hydrogens (tertiary/aromatic N) is 4. The lowest BCUT2D eigenvalue weighted by atomic mass is 9.80. The second-order valence-corrected chi connectivity index (χ2v) is 9.27. The van der Waals surface area contributed by atoms with Gasteiger partial charge in [-0.05, 0) is 48.9 Å². The van der Waals surface area contributed by atoms with E-state index < -0.39 is 0 Å². The lowest BCUT2D eigenvalue weighted by Crippen LogP contribution is -2.50. The standard InChI is InChI=1S/C27H33N5O2/c1-5-25-18(2)27(29-22-8-6-21(17-28)7-9-22)24-16-23(10-11-26(24)32(25)20(4)34)31-14-12-30(13-15-31)19(3)33/h6-11,16,18,25,27,29H,5,12-15H2,1-4H3/t18-,25?,27?/m0/s1. The number of nitriles is 1. The number of hydrogen-bond donors (Lipinski definition) is 1. The summed E-state index contributed by atoms with van der Waals surface area (Å²) in [6.07, 6.45) is 0.862. The van der Waals surface area contributed by atoms with Crippen molar-refractivity contribution in [3.8, 4) is 6.07 Å². The van der Waals surface area contributed by atoms with Crippen molar-refractivity contribution in [3.05, 3.63) is 53.6 Å². The van der Waals surface area contributed by atoms with E-state index in [2.05, 4.69) is 48.3 Å². The van der Waals surface area contributed by atoms with Gasteiger partial charge in [-0.2, -0.15) is 5.26 Å². The van der Waals surface area contributed by atoms with Gasteiger partial charge in [0.15, 0.2) is 0 Å². The van der Waals surface area contributed by atoms with Gasteiger partial charge >= 0.3 is 0 Å². The molecule has 1 fully saturated rings. The summed E-state index contributed by atoms with van der Waals surface area (Å²) in [6.45, 7) is 10.6. The van der Waals surface area contributed by atoms with Gasteiger partial charge in [-0.1, -0.05) is 13.8 Å². The molecule has 1 N–H and O–H groups in total. The quantitative estimate of drug-likeness (QED) is 0.743. The highest BCUT2D eigenvalue weighted by atomic mass is 16.2. The average Bonchev–Trinajstić information content (AvgIpc) is 2.85. The normalized spacial score (nSPS) is 22.1. The van der Waals surface area contributed by atoms with Crippen LogP contribution in [0.15, 0.2) is 42.5 Å². The maximum Gasteiger partial charge on any atom is 0.224 e. The number of hydrogen-bond acceptors (Lipinski definition) is 5. The first-order valence-corrected chi connectivity index (χ1v) is 12.0. The molecule has 2 amide bonds. The molecule has 0 radical (unpaired) electrons. The highest BCUT2D eigenvalue weighted by Gasteiger charge is 2.40. The number of carbonyl (C=O) groups is 2. The predicted molar refractivity (Wildman–Crippen MR) is 135 cm³/mol. The zero-order valence-electron chi connectivity index (χ0n) is 20.4. The molecule has 2 aromatic rings. The number of amides is 2. The zero-order chi connectivity index (χ0) is 24.4. The Balaban J connectivity index is 1.71. The number of piperazine rings is 1. The molecule has 0 aliphatic carbocycles. The molecule has 2 aliphatic heterocycles. The van der Waals surface area contributed by atoms with E-state index in [1.807, 2.05) is 34.1 Å². The minimum absolute atomic E-state index is 0.0157. The monoisotopic (exact) mass is 459 g/mol. The van der Waals surface area contributed by atoms with Crippen LogP contribution in [-0.2, 0) is 9.59 Å². The van der Waals surface area contributed by atoms with E-state index in [1.165, 1.54) is 0 Å². The van der Waals surface area contributed by atoms with Crippen LogP contribution in [0.25, 0.3) is 0 Å². The topological polar surface area (TPSA) is 79.7 Å². The Hall–Kier alpha value is -3.53. The van der Waals surface area contributed by atoms with Crippen molar-refractivity contribution in [2.75, 3.05) is 41.3 Å². The third kappa shape index (κ3) is 4.45. The van der Waals surface area contributed by atoms with Crippen molar-refractivity contribution in [2.45, 2.75) is 46.2 Å². The molecule has 0 spiro atoms. The fourth-order valence-corrected chi connectivity index (χ4v) is 5.39. The number of rotatable bonds is 4. The number of nitrogens with one attached hydrogen (secondary N) is 1. The number of fused-ring (bicyclic) bond motifs is 1. The molecule has 2 aromatic carbocycles. The van der Waals surface area contributed by atoms with Crippen molar-refractivity contribution >= 4 is 28.9 Å². The van der Waals surface area contributed by atoms with Gasteiger partial charge in [0, 0.05) is 74.6 Å². The molecule has 2 heterocycles. The summed E-state index contributed by atoms with van der Waals surface area (Å²) >= 11 is 0. The van der Waals surface area contributed by atoms with Crippen LogP contribution >= 0.6 is 0 Å². The number of anilines is 3. The smallest absolute Gasteiger partial charge is 0.224 e. The molecule has 0 bridgehead atoms. The van der Waals surface area contributed by atoms with Gasteiger partial charge in [0.2, 0.25) is 11.8 Å². The van der Waals surface area contributed by atoms with Crippen molar-refractivity contribution in [3.63, 3.8) is 0 Å². The first-order chi connectivity index (χ1) is 16.3. The lowest BCUT2D eigenvalue weighted by Gasteiger charge is -2.46. The Kier molecular flexibility index (Phi) is 6.78. The maximum absolute atomic E-state index is 12.7. The Labute approximate surface area is 201 Å². The van der Waals surface area contributed by atoms with Gasteiger partial charge in [0.05, 0.1) is 17.7 Å². The van der Waals surface area contributed by atoms with Crippen LogP contribution in [0.5, 0.6) is 0 Å². The lowest BCUT2D eigenvalue weighted by molar-refractivity contribution is -0.129. The van der Waals surface area contributed by atoms with Gasteiger partial charge in [-0.3, -0.25) is 9.59 Å². The minimum Gasteiger partial charge on any atom is -0.378 e. The second kappa shape index (κ2) is 9.76. The van der Waals surface area contributed by atoms with Crippen molar-refractivity contribution in [1.29, 1.82) is 5.26 Å². The number of carbonyl (C=O) groups excluding carboxylic acids is 2. The van der Waals surface area contributed by atoms with E-state index in [0.29, 0.717) is 18.7 Å². The molecule has 3 atom stereocenters. The van der Waals surface area contributed by atoms with Crippen LogP contribution in [0, 0.1) is 17.2 Å². The van der Waals surface area contributed by atoms with E-state index >= 15 is 0 Å². The van der Waals surface area contributed by atoms with Gasteiger partial charge in [0.25, 0.3) is 0 Å². The fraction of sp³-hybridized carbons (Fsp3) is 0.444. The highest BCUT2D eigenvalue weighted by Crippen LogP contribution is 2.45. The average molecular weight is 460 g/mol. The van der Waals surface area contributed by atoms with Crippen LogP contribution < -0.4 is 15.1 Å². The van der Waals surface area contributed by atoms with Crippen LogP contribution in [0.2, 0.25) is 0 Å². The Morgan fingerprint density at radius 1 is 1.03 bits per heavy atom. The van der Waals surface area contributed by atoms with E-state index in [0.717, 1.165) is 42.1 Å². The van der Waals surface area contributed by atoms with Gasteiger partial charge in [-0.15, -0.1) is 0 Å². The van der Waals surface area contributed by atoms with Gasteiger partial charge in [0.1, 0.15) is 0 Å². The summed E-state index contributed by atoms with van der Waals surface area (Å²) in [4.78, 5) is 30.6. The largest absolute Gasteiger partial charge is 0.378 e. The molecular formula is C27H33N5O2. The predicted octanol–water partition coefficient (Wildman–Crippen LogP) is 4.16. The Bertz CT molecular complexity index is 1100. The summed E-state index contributed by atoms with van der Waals surface area (Å²) in [5, 5.41) is 12.8. The zero-order valence-corrected chi connectivity index (χ0v) is 20.4. The van der Waals surface area contributed by atoms with E-state index in [4.69, 9.17) is 5.26 Å². The molecule has 178 valence electrons. The SMILES string of the molecule is CCC1[C@H](C)C(Nc2ccc(C#N)cc2)c2cc(N3CCN(C(C)=O)CC3)ccc2N1C(C)=O. The van der Waals surface area contributed by atoms with Crippen LogP contribution in [-0.4, -0.2) is 48.9 Å². The first-order valence-electron chi connectivity index (χ1n) is 12.0. The molecule has 2 aliphatic rings. The molecule has 34 heavy (non-hydrogen) atoms. The summed E-state index contributed by atoms with van der Waals surface area (Å²) in [5.41, 5.74) is 4.74. The van der Waals surface area contributed by atoms with Crippen molar-refractivity contribution in [1.82, 2.24) is 4.90 Å². The summed E-state index contributed by atoms with van der Waals surface area (Å²) in [6, 6.07) is 16.2. The second-order valence-electron chi connectivity index (χ2n) is 9.27. The molecule has 2 unspecified atom stereocenters. The highest BCUT2D eigenvalue weighted by molar-refractivity contribution is 5.94. The molecule has 0 saturated carbocycles. The van der Waals surface area contributed by atoms with E-state index in [-0.39, 0.29) is 29.8 Å². The maximum atomic E-state index is 12.7. The van der Waals surface area contributed by atoms with Crippen LogP contribution in [0.1, 0.15) is 51.3 Å². The summed E-state index contributed by atoms with van der Waals surface area (Å²) < 4.78 is 0. The fourth-order valence-electron chi connectivity index (χ4n) is 5.39. The molecule has 7 heteroatoms. The minimum atomic E-state index is 0.0157. The molecule has 1 saturated heterocycles. The van der Waals surface area contributed by atoms with Gasteiger partial charge < -0.3 is 20.0 Å². The first kappa shape index (κ1) is 23.6. The van der Waals surface area contributed by atoms with E-state index in [9.17, 15) is 9.59 Å². The molecular weight excluding hydrogens is 426 g/mol. The summed E-state index contributed by atoms with van der Waals surface area (Å²) in [7, 11) is 0. The Morgan fingerprint density at radius 2 is 1.71 bits per heavy atom. The Morgan fingerprint density at radius 3 is 2.26 bits per heavy atom. The molecule has 4 rings (SSSR count). The van der Waals surface area contributed by atoms with Crippen molar-refractivity contribution < 1.29 is 9.59 Å². The van der Waals surface area contributed by atoms with E-state index in [1.54, 1.807) is 13.8 Å². The van der Waals surface area contributed by atoms with Gasteiger partial charge in [-0.25, -0.2) is 0 Å².